The molecule has 0 aliphatic rings. The van der Waals surface area contributed by atoms with Crippen LogP contribution in [0.3, 0.4) is 0 Å². The fourth-order valence-electron chi connectivity index (χ4n) is 2.23. The van der Waals surface area contributed by atoms with Crippen LogP contribution in [0, 0.1) is 5.82 Å². The first-order valence-corrected chi connectivity index (χ1v) is 7.63. The van der Waals surface area contributed by atoms with E-state index in [2.05, 4.69) is 5.32 Å². The Labute approximate surface area is 140 Å². The molecule has 0 unspecified atom stereocenters. The summed E-state index contributed by atoms with van der Waals surface area (Å²) < 4.78 is 23.8. The lowest BCUT2D eigenvalue weighted by Crippen LogP contribution is -1.99. The lowest BCUT2D eigenvalue weighted by atomic mass is 10.2. The normalized spacial score (nSPS) is 10.2. The average molecular weight is 323 g/mol. The van der Waals surface area contributed by atoms with Crippen molar-refractivity contribution in [3.8, 4) is 17.2 Å². The lowest BCUT2D eigenvalue weighted by Gasteiger charge is -2.09. The Kier molecular flexibility index (Phi) is 4.96. The van der Waals surface area contributed by atoms with Crippen molar-refractivity contribution in [2.24, 2.45) is 0 Å². The SMILES string of the molecule is COc1ccc(Oc2ccc(NCc3ccc(F)cc3)cc2)cc1. The third kappa shape index (κ3) is 4.26. The van der Waals surface area contributed by atoms with Gasteiger partial charge in [-0.25, -0.2) is 4.39 Å². The summed E-state index contributed by atoms with van der Waals surface area (Å²) in [5.41, 5.74) is 2.00. The van der Waals surface area contributed by atoms with Crippen LogP contribution in [0.5, 0.6) is 17.2 Å². The molecule has 3 aromatic rings. The van der Waals surface area contributed by atoms with E-state index in [1.54, 1.807) is 19.2 Å². The van der Waals surface area contributed by atoms with Crippen molar-refractivity contribution < 1.29 is 13.9 Å². The first-order valence-electron chi connectivity index (χ1n) is 7.63. The van der Waals surface area contributed by atoms with Gasteiger partial charge in [0.15, 0.2) is 0 Å². The van der Waals surface area contributed by atoms with Gasteiger partial charge in [0.25, 0.3) is 0 Å². The predicted octanol–water partition coefficient (Wildman–Crippen LogP) is 5.24. The molecule has 0 atom stereocenters. The zero-order valence-electron chi connectivity index (χ0n) is 13.3. The van der Waals surface area contributed by atoms with E-state index < -0.39 is 0 Å². The van der Waals surface area contributed by atoms with Gasteiger partial charge in [-0.2, -0.15) is 0 Å². The van der Waals surface area contributed by atoms with E-state index in [-0.39, 0.29) is 5.82 Å². The van der Waals surface area contributed by atoms with Gasteiger partial charge in [-0.3, -0.25) is 0 Å². The molecule has 3 nitrogen and oxygen atoms in total. The summed E-state index contributed by atoms with van der Waals surface area (Å²) in [5, 5.41) is 3.29. The first kappa shape index (κ1) is 15.9. The van der Waals surface area contributed by atoms with Crippen LogP contribution < -0.4 is 14.8 Å². The molecule has 0 aliphatic carbocycles. The quantitative estimate of drug-likeness (QED) is 0.673. The average Bonchev–Trinajstić information content (AvgIpc) is 2.63. The highest BCUT2D eigenvalue weighted by atomic mass is 19.1. The van der Waals surface area contributed by atoms with Gasteiger partial charge in [-0.15, -0.1) is 0 Å². The van der Waals surface area contributed by atoms with Crippen LogP contribution in [0.1, 0.15) is 5.56 Å². The fraction of sp³-hybridized carbons (Fsp3) is 0.100. The van der Waals surface area contributed by atoms with Crippen molar-refractivity contribution in [3.05, 3.63) is 84.2 Å². The molecule has 0 saturated heterocycles. The molecule has 0 amide bonds. The summed E-state index contributed by atoms with van der Waals surface area (Å²) in [6.45, 7) is 0.638. The molecule has 3 aromatic carbocycles. The van der Waals surface area contributed by atoms with Crippen molar-refractivity contribution in [2.45, 2.75) is 6.54 Å². The second-order valence-electron chi connectivity index (χ2n) is 5.28. The largest absolute Gasteiger partial charge is 0.497 e. The van der Waals surface area contributed by atoms with E-state index in [4.69, 9.17) is 9.47 Å². The third-order valence-corrected chi connectivity index (χ3v) is 3.56. The fourth-order valence-corrected chi connectivity index (χ4v) is 2.23. The Hall–Kier alpha value is -3.01. The highest BCUT2D eigenvalue weighted by Crippen LogP contribution is 2.25. The molecule has 0 bridgehead atoms. The van der Waals surface area contributed by atoms with Gasteiger partial charge in [0, 0.05) is 12.2 Å². The molecule has 4 heteroatoms. The van der Waals surface area contributed by atoms with Gasteiger partial charge in [-0.1, -0.05) is 12.1 Å². The van der Waals surface area contributed by atoms with Gasteiger partial charge in [0.1, 0.15) is 23.1 Å². The van der Waals surface area contributed by atoms with Crippen LogP contribution in [0.25, 0.3) is 0 Å². The molecule has 3 rings (SSSR count). The summed E-state index contributed by atoms with van der Waals surface area (Å²) >= 11 is 0. The van der Waals surface area contributed by atoms with Gasteiger partial charge in [0.05, 0.1) is 7.11 Å². The lowest BCUT2D eigenvalue weighted by molar-refractivity contribution is 0.413. The zero-order valence-corrected chi connectivity index (χ0v) is 13.3. The topological polar surface area (TPSA) is 30.5 Å². The highest BCUT2D eigenvalue weighted by molar-refractivity contribution is 5.47. The summed E-state index contributed by atoms with van der Waals surface area (Å²) in [6.07, 6.45) is 0. The first-order chi connectivity index (χ1) is 11.7. The molecule has 0 heterocycles. The number of hydrogen-bond donors (Lipinski definition) is 1. The second-order valence-corrected chi connectivity index (χ2v) is 5.28. The smallest absolute Gasteiger partial charge is 0.127 e. The van der Waals surface area contributed by atoms with Crippen molar-refractivity contribution >= 4 is 5.69 Å². The van der Waals surface area contributed by atoms with Crippen molar-refractivity contribution in [1.29, 1.82) is 0 Å². The van der Waals surface area contributed by atoms with E-state index >= 15 is 0 Å². The minimum Gasteiger partial charge on any atom is -0.497 e. The molecule has 0 spiro atoms. The van der Waals surface area contributed by atoms with Crippen molar-refractivity contribution in [2.75, 3.05) is 12.4 Å². The maximum absolute atomic E-state index is 12.9. The molecule has 122 valence electrons. The Morgan fingerprint density at radius 1 is 0.750 bits per heavy atom. The minimum absolute atomic E-state index is 0.223. The van der Waals surface area contributed by atoms with Crippen molar-refractivity contribution in [3.63, 3.8) is 0 Å². The number of nitrogens with one attached hydrogen (secondary N) is 1. The predicted molar refractivity (Wildman–Crippen MR) is 93.2 cm³/mol. The highest BCUT2D eigenvalue weighted by Gasteiger charge is 2.00. The monoisotopic (exact) mass is 323 g/mol. The minimum atomic E-state index is -0.223. The van der Waals surface area contributed by atoms with E-state index in [0.717, 1.165) is 28.5 Å². The molecule has 0 aromatic heterocycles. The summed E-state index contributed by atoms with van der Waals surface area (Å²) in [5.74, 6) is 2.08. The molecule has 0 fully saturated rings. The molecule has 1 N–H and O–H groups in total. The van der Waals surface area contributed by atoms with Gasteiger partial charge >= 0.3 is 0 Å². The Bertz CT molecular complexity index is 768. The standard InChI is InChI=1S/C20H18FNO2/c1-23-18-10-12-20(13-11-18)24-19-8-6-17(7-9-19)22-14-15-2-4-16(21)5-3-15/h2-13,22H,14H2,1H3. The number of anilines is 1. The third-order valence-electron chi connectivity index (χ3n) is 3.56. The van der Waals surface area contributed by atoms with Crippen molar-refractivity contribution in [1.82, 2.24) is 0 Å². The summed E-state index contributed by atoms with van der Waals surface area (Å²) in [7, 11) is 1.63. The zero-order chi connectivity index (χ0) is 16.8. The molecule has 0 radical (unpaired) electrons. The molecule has 0 aliphatic heterocycles. The van der Waals surface area contributed by atoms with Gasteiger partial charge < -0.3 is 14.8 Å². The Balaban J connectivity index is 1.57. The number of hydrogen-bond acceptors (Lipinski definition) is 3. The second kappa shape index (κ2) is 7.51. The maximum Gasteiger partial charge on any atom is 0.127 e. The summed E-state index contributed by atoms with van der Waals surface area (Å²) in [6, 6.07) is 21.6. The molecule has 0 saturated carbocycles. The van der Waals surface area contributed by atoms with Crippen LogP contribution >= 0.6 is 0 Å². The van der Waals surface area contributed by atoms with E-state index in [1.165, 1.54) is 12.1 Å². The van der Waals surface area contributed by atoms with Gasteiger partial charge in [-0.05, 0) is 66.2 Å². The Morgan fingerprint density at radius 3 is 1.88 bits per heavy atom. The number of ether oxygens (including phenoxy) is 2. The molecular weight excluding hydrogens is 305 g/mol. The van der Waals surface area contributed by atoms with E-state index in [0.29, 0.717) is 6.54 Å². The molecule has 24 heavy (non-hydrogen) atoms. The van der Waals surface area contributed by atoms with Crippen LogP contribution in [0.15, 0.2) is 72.8 Å². The van der Waals surface area contributed by atoms with Crippen LogP contribution in [-0.4, -0.2) is 7.11 Å². The van der Waals surface area contributed by atoms with Crippen LogP contribution in [-0.2, 0) is 6.54 Å². The van der Waals surface area contributed by atoms with E-state index in [1.807, 2.05) is 48.5 Å². The molecular formula is C20H18FNO2. The number of methoxy groups -OCH3 is 1. The number of rotatable bonds is 6. The maximum atomic E-state index is 12.9. The van der Waals surface area contributed by atoms with Crippen LogP contribution in [0.4, 0.5) is 10.1 Å². The Morgan fingerprint density at radius 2 is 1.29 bits per heavy atom. The number of benzene rings is 3. The number of halogens is 1. The van der Waals surface area contributed by atoms with E-state index in [9.17, 15) is 4.39 Å². The van der Waals surface area contributed by atoms with Crippen LogP contribution in [0.2, 0.25) is 0 Å². The summed E-state index contributed by atoms with van der Waals surface area (Å²) in [4.78, 5) is 0. The van der Waals surface area contributed by atoms with Gasteiger partial charge in [0.2, 0.25) is 0 Å².